The van der Waals surface area contributed by atoms with Crippen molar-refractivity contribution in [1.82, 2.24) is 4.57 Å². The second-order valence-electron chi connectivity index (χ2n) is 6.93. The third-order valence-electron chi connectivity index (χ3n) is 4.84. The smallest absolute Gasteiger partial charge is 0.251 e. The molecule has 0 bridgehead atoms. The van der Waals surface area contributed by atoms with Crippen LogP contribution in [0.4, 0.5) is 5.69 Å². The van der Waals surface area contributed by atoms with Gasteiger partial charge in [0, 0.05) is 30.1 Å². The fraction of sp³-hybridized carbons (Fsp3) is 0.304. The van der Waals surface area contributed by atoms with Crippen molar-refractivity contribution in [2.75, 3.05) is 5.32 Å². The number of para-hydroxylation sites is 1. The molecule has 1 heterocycles. The number of hydrogen-bond acceptors (Lipinski definition) is 2. The summed E-state index contributed by atoms with van der Waals surface area (Å²) in [4.78, 5) is 24.7. The summed E-state index contributed by atoms with van der Waals surface area (Å²) < 4.78 is 1.68. The maximum Gasteiger partial charge on any atom is 0.251 e. The molecule has 1 amide bonds. The fourth-order valence-corrected chi connectivity index (χ4v) is 3.31. The van der Waals surface area contributed by atoms with Gasteiger partial charge in [-0.15, -0.1) is 0 Å². The lowest BCUT2D eigenvalue weighted by Gasteiger charge is -2.12. The van der Waals surface area contributed by atoms with Crippen LogP contribution in [0.5, 0.6) is 0 Å². The molecule has 4 heteroatoms. The van der Waals surface area contributed by atoms with Crippen molar-refractivity contribution >= 4 is 22.5 Å². The highest BCUT2D eigenvalue weighted by atomic mass is 16.1. The first-order chi connectivity index (χ1) is 13.1. The molecule has 4 nitrogen and oxygen atoms in total. The SMILES string of the molecule is CCCCc1ccc(NC(=O)CCn2c(=O)cc(C)c3ccccc32)cc1. The van der Waals surface area contributed by atoms with Crippen molar-refractivity contribution in [2.45, 2.75) is 46.1 Å². The van der Waals surface area contributed by atoms with Crippen molar-refractivity contribution < 1.29 is 4.79 Å². The fourth-order valence-electron chi connectivity index (χ4n) is 3.31. The van der Waals surface area contributed by atoms with E-state index in [0.29, 0.717) is 6.54 Å². The molecule has 3 rings (SSSR count). The monoisotopic (exact) mass is 362 g/mol. The average Bonchev–Trinajstić information content (AvgIpc) is 2.67. The van der Waals surface area contributed by atoms with Crippen LogP contribution in [0.3, 0.4) is 0 Å². The third-order valence-corrected chi connectivity index (χ3v) is 4.84. The molecular weight excluding hydrogens is 336 g/mol. The highest BCUT2D eigenvalue weighted by Crippen LogP contribution is 2.16. The summed E-state index contributed by atoms with van der Waals surface area (Å²) >= 11 is 0. The molecule has 0 spiro atoms. The summed E-state index contributed by atoms with van der Waals surface area (Å²) in [7, 11) is 0. The number of rotatable bonds is 7. The van der Waals surface area contributed by atoms with Gasteiger partial charge in [-0.3, -0.25) is 9.59 Å². The molecule has 0 atom stereocenters. The Morgan fingerprint density at radius 1 is 1.07 bits per heavy atom. The number of aryl methyl sites for hydroxylation is 3. The number of carbonyl (C=O) groups is 1. The summed E-state index contributed by atoms with van der Waals surface area (Å²) in [6, 6.07) is 17.4. The van der Waals surface area contributed by atoms with E-state index in [9.17, 15) is 9.59 Å². The predicted octanol–water partition coefficient (Wildman–Crippen LogP) is 4.68. The van der Waals surface area contributed by atoms with E-state index >= 15 is 0 Å². The van der Waals surface area contributed by atoms with Gasteiger partial charge in [-0.25, -0.2) is 0 Å². The van der Waals surface area contributed by atoms with Gasteiger partial charge in [-0.1, -0.05) is 43.7 Å². The molecule has 0 saturated heterocycles. The second kappa shape index (κ2) is 8.67. The van der Waals surface area contributed by atoms with Gasteiger partial charge in [-0.05, 0) is 49.1 Å². The molecule has 140 valence electrons. The van der Waals surface area contributed by atoms with Crippen LogP contribution in [-0.4, -0.2) is 10.5 Å². The van der Waals surface area contributed by atoms with Gasteiger partial charge >= 0.3 is 0 Å². The molecule has 0 aliphatic heterocycles. The number of hydrogen-bond donors (Lipinski definition) is 1. The lowest BCUT2D eigenvalue weighted by atomic mass is 10.1. The number of nitrogens with zero attached hydrogens (tertiary/aromatic N) is 1. The Labute approximate surface area is 159 Å². The molecular formula is C23H26N2O2. The predicted molar refractivity (Wildman–Crippen MR) is 111 cm³/mol. The van der Waals surface area contributed by atoms with E-state index in [4.69, 9.17) is 0 Å². The van der Waals surface area contributed by atoms with Gasteiger partial charge < -0.3 is 9.88 Å². The van der Waals surface area contributed by atoms with Crippen LogP contribution in [0.25, 0.3) is 10.9 Å². The number of pyridine rings is 1. The third kappa shape index (κ3) is 4.64. The Hall–Kier alpha value is -2.88. The Balaban J connectivity index is 1.66. The van der Waals surface area contributed by atoms with Crippen LogP contribution in [0.15, 0.2) is 59.4 Å². The standard InChI is InChI=1S/C23H26N2O2/c1-3-4-7-18-10-12-19(13-11-18)24-22(26)14-15-25-21-9-6-5-8-20(21)17(2)16-23(25)27/h5-6,8-13,16H,3-4,7,14-15H2,1-2H3,(H,24,26). The normalized spacial score (nSPS) is 10.9. The first-order valence-corrected chi connectivity index (χ1v) is 9.56. The quantitative estimate of drug-likeness (QED) is 0.663. The van der Waals surface area contributed by atoms with Gasteiger partial charge in [0.05, 0.1) is 5.52 Å². The number of carbonyl (C=O) groups excluding carboxylic acids is 1. The van der Waals surface area contributed by atoms with E-state index in [1.54, 1.807) is 10.6 Å². The Bertz CT molecular complexity index is 987. The van der Waals surface area contributed by atoms with Gasteiger partial charge in [-0.2, -0.15) is 0 Å². The van der Waals surface area contributed by atoms with Crippen molar-refractivity contribution in [3.05, 3.63) is 76.1 Å². The largest absolute Gasteiger partial charge is 0.326 e. The number of amides is 1. The van der Waals surface area contributed by atoms with Gasteiger partial charge in [0.1, 0.15) is 0 Å². The summed E-state index contributed by atoms with van der Waals surface area (Å²) in [6.07, 6.45) is 3.66. The second-order valence-corrected chi connectivity index (χ2v) is 6.93. The molecule has 3 aromatic rings. The lowest BCUT2D eigenvalue weighted by Crippen LogP contribution is -2.23. The number of fused-ring (bicyclic) bond motifs is 1. The van der Waals surface area contributed by atoms with Crippen LogP contribution < -0.4 is 10.9 Å². The highest BCUT2D eigenvalue weighted by molar-refractivity contribution is 5.90. The minimum absolute atomic E-state index is 0.0701. The molecule has 0 unspecified atom stereocenters. The summed E-state index contributed by atoms with van der Waals surface area (Å²) in [5.41, 5.74) is 3.84. The van der Waals surface area contributed by atoms with Crippen LogP contribution in [0.1, 0.15) is 37.3 Å². The zero-order valence-electron chi connectivity index (χ0n) is 16.0. The molecule has 1 N–H and O–H groups in total. The first-order valence-electron chi connectivity index (χ1n) is 9.56. The number of aromatic nitrogens is 1. The topological polar surface area (TPSA) is 51.1 Å². The lowest BCUT2D eigenvalue weighted by molar-refractivity contribution is -0.116. The van der Waals surface area contributed by atoms with Crippen LogP contribution in [0.2, 0.25) is 0 Å². The van der Waals surface area contributed by atoms with Crippen LogP contribution >= 0.6 is 0 Å². The molecule has 2 aromatic carbocycles. The minimum atomic E-state index is -0.0899. The summed E-state index contributed by atoms with van der Waals surface area (Å²) in [5, 5.41) is 3.96. The zero-order valence-corrected chi connectivity index (χ0v) is 16.0. The van der Waals surface area contributed by atoms with E-state index in [2.05, 4.69) is 24.4 Å². The van der Waals surface area contributed by atoms with Gasteiger partial charge in [0.2, 0.25) is 5.91 Å². The average molecular weight is 362 g/mol. The van der Waals surface area contributed by atoms with Crippen molar-refractivity contribution in [3.8, 4) is 0 Å². The van der Waals surface area contributed by atoms with E-state index < -0.39 is 0 Å². The summed E-state index contributed by atoms with van der Waals surface area (Å²) in [5.74, 6) is -0.0899. The maximum atomic E-state index is 12.4. The number of anilines is 1. The number of nitrogens with one attached hydrogen (secondary N) is 1. The highest BCUT2D eigenvalue weighted by Gasteiger charge is 2.09. The maximum absolute atomic E-state index is 12.4. The van der Waals surface area contributed by atoms with Gasteiger partial charge in [0.25, 0.3) is 5.56 Å². The molecule has 1 aromatic heterocycles. The molecule has 0 radical (unpaired) electrons. The number of unbranched alkanes of at least 4 members (excludes halogenated alkanes) is 1. The Morgan fingerprint density at radius 2 is 1.81 bits per heavy atom. The molecule has 0 saturated carbocycles. The van der Waals surface area contributed by atoms with E-state index in [-0.39, 0.29) is 17.9 Å². The van der Waals surface area contributed by atoms with E-state index in [1.165, 1.54) is 18.4 Å². The van der Waals surface area contributed by atoms with Crippen molar-refractivity contribution in [1.29, 1.82) is 0 Å². The molecule has 0 fully saturated rings. The number of benzene rings is 2. The van der Waals surface area contributed by atoms with Crippen LogP contribution in [0, 0.1) is 6.92 Å². The van der Waals surface area contributed by atoms with Gasteiger partial charge in [0.15, 0.2) is 0 Å². The Morgan fingerprint density at radius 3 is 2.56 bits per heavy atom. The summed E-state index contributed by atoms with van der Waals surface area (Å²) in [6.45, 7) is 4.47. The molecule has 0 aliphatic rings. The zero-order chi connectivity index (χ0) is 19.2. The van der Waals surface area contributed by atoms with E-state index in [1.807, 2.05) is 43.3 Å². The molecule has 27 heavy (non-hydrogen) atoms. The van der Waals surface area contributed by atoms with E-state index in [0.717, 1.165) is 28.6 Å². The first kappa shape index (κ1) is 18.9. The van der Waals surface area contributed by atoms with Crippen LogP contribution in [-0.2, 0) is 17.8 Å². The minimum Gasteiger partial charge on any atom is -0.326 e. The molecule has 0 aliphatic carbocycles. The Kier molecular flexibility index (Phi) is 6.07. The van der Waals surface area contributed by atoms with Crippen molar-refractivity contribution in [2.24, 2.45) is 0 Å². The van der Waals surface area contributed by atoms with Crippen molar-refractivity contribution in [3.63, 3.8) is 0 Å².